The molecule has 1 aliphatic heterocycles. The first kappa shape index (κ1) is 13.2. The summed E-state index contributed by atoms with van der Waals surface area (Å²) in [6.07, 6.45) is 4.73. The van der Waals surface area contributed by atoms with E-state index in [0.29, 0.717) is 6.04 Å². The maximum atomic E-state index is 12.0. The zero-order valence-electron chi connectivity index (χ0n) is 11.3. The topological polar surface area (TPSA) is 49.2 Å². The molecule has 0 aromatic heterocycles. The summed E-state index contributed by atoms with van der Waals surface area (Å²) in [5.41, 5.74) is 3.07. The summed E-state index contributed by atoms with van der Waals surface area (Å²) in [5.74, 6) is 0. The van der Waals surface area contributed by atoms with Crippen LogP contribution in [0.1, 0.15) is 25.7 Å². The van der Waals surface area contributed by atoms with Crippen LogP contribution in [0.5, 0.6) is 0 Å². The molecular weight excluding hydrogens is 218 g/mol. The standard InChI is InChI=1S/C11H25N5O/c1-13(2)11(14(3)4)15-9-7-5-6-8-10(9)16(17)12-15/h9-12,16H,5-8H2,1-4H3. The molecule has 1 aliphatic carbocycles. The molecule has 0 aromatic carbocycles. The van der Waals surface area contributed by atoms with Gasteiger partial charge in [-0.3, -0.25) is 15.0 Å². The second-order valence-electron chi connectivity index (χ2n) is 5.62. The van der Waals surface area contributed by atoms with E-state index in [9.17, 15) is 5.21 Å². The Bertz CT molecular complexity index is 252. The molecule has 0 spiro atoms. The van der Waals surface area contributed by atoms with Crippen LogP contribution in [0.3, 0.4) is 0 Å². The molecule has 1 heterocycles. The van der Waals surface area contributed by atoms with Crippen molar-refractivity contribution in [3.05, 3.63) is 5.21 Å². The first-order chi connectivity index (χ1) is 8.02. The van der Waals surface area contributed by atoms with Crippen molar-refractivity contribution in [2.24, 2.45) is 0 Å². The van der Waals surface area contributed by atoms with Crippen molar-refractivity contribution in [1.82, 2.24) is 20.3 Å². The zero-order valence-corrected chi connectivity index (χ0v) is 11.3. The van der Waals surface area contributed by atoms with E-state index in [0.717, 1.165) is 12.8 Å². The van der Waals surface area contributed by atoms with Crippen molar-refractivity contribution in [3.8, 4) is 0 Å². The highest BCUT2D eigenvalue weighted by Gasteiger charge is 2.46. The quantitative estimate of drug-likeness (QED) is 0.483. The molecule has 1 saturated heterocycles. The van der Waals surface area contributed by atoms with Gasteiger partial charge in [0.1, 0.15) is 12.3 Å². The molecule has 0 bridgehead atoms. The monoisotopic (exact) mass is 243 g/mol. The third kappa shape index (κ3) is 2.47. The van der Waals surface area contributed by atoms with Crippen LogP contribution in [0.2, 0.25) is 0 Å². The van der Waals surface area contributed by atoms with E-state index in [4.69, 9.17) is 0 Å². The molecule has 1 saturated carbocycles. The van der Waals surface area contributed by atoms with Crippen LogP contribution in [0.15, 0.2) is 0 Å². The van der Waals surface area contributed by atoms with Crippen molar-refractivity contribution >= 4 is 0 Å². The molecule has 6 nitrogen and oxygen atoms in total. The van der Waals surface area contributed by atoms with Gasteiger partial charge < -0.3 is 5.21 Å². The summed E-state index contributed by atoms with van der Waals surface area (Å²) in [6.45, 7) is 0. The van der Waals surface area contributed by atoms with E-state index in [1.54, 1.807) is 0 Å². The number of rotatable bonds is 3. The van der Waals surface area contributed by atoms with Crippen LogP contribution in [0.4, 0.5) is 0 Å². The van der Waals surface area contributed by atoms with E-state index in [2.05, 4.69) is 20.3 Å². The maximum Gasteiger partial charge on any atom is 0.136 e. The van der Waals surface area contributed by atoms with Crippen LogP contribution >= 0.6 is 0 Å². The van der Waals surface area contributed by atoms with Gasteiger partial charge in [0, 0.05) is 6.42 Å². The normalized spacial score (nSPS) is 34.9. The third-order valence-electron chi connectivity index (χ3n) is 3.84. The molecule has 2 rings (SSSR count). The van der Waals surface area contributed by atoms with Gasteiger partial charge in [-0.1, -0.05) is 12.0 Å². The van der Waals surface area contributed by atoms with E-state index in [-0.39, 0.29) is 17.5 Å². The van der Waals surface area contributed by atoms with Gasteiger partial charge in [-0.25, -0.2) is 0 Å². The number of quaternary nitrogens is 1. The molecule has 6 heteroatoms. The Labute approximate surface area is 104 Å². The molecule has 3 atom stereocenters. The van der Waals surface area contributed by atoms with Gasteiger partial charge in [-0.15, -0.1) is 0 Å². The second-order valence-corrected chi connectivity index (χ2v) is 5.62. The van der Waals surface area contributed by atoms with Crippen LogP contribution < -0.4 is 10.7 Å². The van der Waals surface area contributed by atoms with Gasteiger partial charge in [-0.05, 0) is 41.0 Å². The Morgan fingerprint density at radius 3 is 2.35 bits per heavy atom. The lowest BCUT2D eigenvalue weighted by molar-refractivity contribution is -0.916. The second kappa shape index (κ2) is 5.17. The minimum Gasteiger partial charge on any atom is -0.612 e. The Kier molecular flexibility index (Phi) is 4.02. The van der Waals surface area contributed by atoms with E-state index in [1.165, 1.54) is 12.8 Å². The van der Waals surface area contributed by atoms with Gasteiger partial charge in [0.15, 0.2) is 0 Å². The van der Waals surface area contributed by atoms with E-state index in [1.807, 2.05) is 28.2 Å². The predicted octanol–water partition coefficient (Wildman–Crippen LogP) is -1.18. The van der Waals surface area contributed by atoms with Gasteiger partial charge in [0.25, 0.3) is 0 Å². The Morgan fingerprint density at radius 1 is 1.18 bits per heavy atom. The van der Waals surface area contributed by atoms with E-state index >= 15 is 0 Å². The minimum atomic E-state index is 0.132. The third-order valence-corrected chi connectivity index (χ3v) is 3.84. The number of hydroxylamine groups is 1. The number of hydrogen-bond acceptors (Lipinski definition) is 5. The molecular formula is C11H25N5O. The molecule has 2 fully saturated rings. The summed E-state index contributed by atoms with van der Waals surface area (Å²) in [7, 11) is 8.19. The molecule has 3 unspecified atom stereocenters. The molecule has 0 radical (unpaired) electrons. The fourth-order valence-electron chi connectivity index (χ4n) is 3.23. The predicted molar refractivity (Wildman–Crippen MR) is 66.5 cm³/mol. The largest absolute Gasteiger partial charge is 0.612 e. The average molecular weight is 243 g/mol. The van der Waals surface area contributed by atoms with Crippen LogP contribution in [-0.4, -0.2) is 61.4 Å². The Morgan fingerprint density at radius 2 is 1.76 bits per heavy atom. The highest BCUT2D eigenvalue weighted by molar-refractivity contribution is 4.86. The van der Waals surface area contributed by atoms with Crippen LogP contribution in [0.25, 0.3) is 0 Å². The summed E-state index contributed by atoms with van der Waals surface area (Å²) in [4.78, 5) is 4.27. The number of fused-ring (bicyclic) bond motifs is 1. The van der Waals surface area contributed by atoms with Crippen LogP contribution in [-0.2, 0) is 0 Å². The first-order valence-electron chi connectivity index (χ1n) is 6.44. The highest BCUT2D eigenvalue weighted by atomic mass is 16.6. The van der Waals surface area contributed by atoms with Crippen molar-refractivity contribution in [2.45, 2.75) is 44.1 Å². The molecule has 17 heavy (non-hydrogen) atoms. The molecule has 0 amide bonds. The lowest BCUT2D eigenvalue weighted by Crippen LogP contribution is -3.16. The van der Waals surface area contributed by atoms with E-state index < -0.39 is 0 Å². The molecule has 0 aromatic rings. The zero-order chi connectivity index (χ0) is 12.6. The fourth-order valence-corrected chi connectivity index (χ4v) is 3.23. The van der Waals surface area contributed by atoms with Crippen molar-refractivity contribution < 1.29 is 5.17 Å². The summed E-state index contributed by atoms with van der Waals surface area (Å²) < 4.78 is 0. The van der Waals surface area contributed by atoms with Gasteiger partial charge in [0.2, 0.25) is 0 Å². The van der Waals surface area contributed by atoms with Gasteiger partial charge in [0.05, 0.1) is 6.04 Å². The number of hydrogen-bond donors (Lipinski definition) is 2. The molecule has 100 valence electrons. The Balaban J connectivity index is 2.14. The molecule has 2 aliphatic rings. The van der Waals surface area contributed by atoms with Crippen molar-refractivity contribution in [3.63, 3.8) is 0 Å². The first-order valence-corrected chi connectivity index (χ1v) is 6.44. The minimum absolute atomic E-state index is 0.132. The summed E-state index contributed by atoms with van der Waals surface area (Å²) >= 11 is 0. The van der Waals surface area contributed by atoms with Gasteiger partial charge in [-0.2, -0.15) is 5.01 Å². The highest BCUT2D eigenvalue weighted by Crippen LogP contribution is 2.25. The Hall–Kier alpha value is -0.240. The number of hydrazine groups is 1. The lowest BCUT2D eigenvalue weighted by Gasteiger charge is -2.39. The van der Waals surface area contributed by atoms with Crippen molar-refractivity contribution in [2.75, 3.05) is 28.2 Å². The number of nitrogens with zero attached hydrogens (tertiary/aromatic N) is 3. The SMILES string of the molecule is CN(C)C(N(C)C)N1N[NH+]([O-])C2CCCCC21. The molecule has 2 N–H and O–H groups in total. The van der Waals surface area contributed by atoms with Crippen LogP contribution in [0, 0.1) is 5.21 Å². The number of nitrogens with one attached hydrogen (secondary N) is 2. The van der Waals surface area contributed by atoms with Gasteiger partial charge >= 0.3 is 0 Å². The summed E-state index contributed by atoms with van der Waals surface area (Å²) in [5, 5.41) is 14.3. The van der Waals surface area contributed by atoms with Crippen molar-refractivity contribution in [1.29, 1.82) is 0 Å². The lowest BCUT2D eigenvalue weighted by atomic mass is 9.91. The average Bonchev–Trinajstić information content (AvgIpc) is 2.56. The smallest absolute Gasteiger partial charge is 0.136 e. The maximum absolute atomic E-state index is 12.0. The summed E-state index contributed by atoms with van der Waals surface area (Å²) in [6, 6.07) is 0.567. The fraction of sp³-hybridized carbons (Fsp3) is 1.00.